The van der Waals surface area contributed by atoms with Gasteiger partial charge < -0.3 is 5.11 Å². The minimum absolute atomic E-state index is 0.113. The molecule has 2 heterocycles. The van der Waals surface area contributed by atoms with Crippen LogP contribution in [0.2, 0.25) is 10.0 Å². The highest BCUT2D eigenvalue weighted by molar-refractivity contribution is 7.18. The summed E-state index contributed by atoms with van der Waals surface area (Å²) in [4.78, 5) is 15.6. The first-order valence-electron chi connectivity index (χ1n) is 5.86. The van der Waals surface area contributed by atoms with Gasteiger partial charge in [-0.15, -0.1) is 10.2 Å². The van der Waals surface area contributed by atoms with Gasteiger partial charge in [0.15, 0.2) is 5.01 Å². The van der Waals surface area contributed by atoms with Gasteiger partial charge in [0.25, 0.3) is 0 Å². The molecule has 3 rings (SSSR count). The molecule has 0 fully saturated rings. The summed E-state index contributed by atoms with van der Waals surface area (Å²) in [5.74, 6) is -0.144. The third-order valence-electron chi connectivity index (χ3n) is 2.64. The van der Waals surface area contributed by atoms with Crippen molar-refractivity contribution in [2.45, 2.75) is 0 Å². The summed E-state index contributed by atoms with van der Waals surface area (Å²) in [5, 5.41) is 21.4. The Morgan fingerprint density at radius 3 is 2.86 bits per heavy atom. The summed E-state index contributed by atoms with van der Waals surface area (Å²) in [6, 6.07) is 2.52. The Labute approximate surface area is 138 Å². The van der Waals surface area contributed by atoms with E-state index in [4.69, 9.17) is 23.2 Å². The van der Waals surface area contributed by atoms with E-state index < -0.39 is 6.03 Å². The van der Waals surface area contributed by atoms with Crippen molar-refractivity contribution in [1.29, 1.82) is 0 Å². The van der Waals surface area contributed by atoms with Gasteiger partial charge in [0.1, 0.15) is 12.1 Å². The van der Waals surface area contributed by atoms with E-state index in [1.165, 1.54) is 35.4 Å². The third kappa shape index (κ3) is 2.89. The van der Waals surface area contributed by atoms with E-state index in [9.17, 15) is 9.90 Å². The second kappa shape index (κ2) is 5.91. The zero-order chi connectivity index (χ0) is 15.7. The normalized spacial score (nSPS) is 10.6. The molecule has 1 aromatic carbocycles. The van der Waals surface area contributed by atoms with Crippen LogP contribution in [0.5, 0.6) is 5.75 Å². The lowest BCUT2D eigenvalue weighted by molar-refractivity contribution is 0.253. The van der Waals surface area contributed by atoms with Crippen molar-refractivity contribution in [3.05, 3.63) is 40.9 Å². The Kier molecular flexibility index (Phi) is 3.97. The molecule has 0 bridgehead atoms. The number of benzene rings is 1. The number of aromatic nitrogens is 4. The summed E-state index contributed by atoms with van der Waals surface area (Å²) in [5.41, 5.74) is 0.345. The molecule has 0 unspecified atom stereocenters. The van der Waals surface area contributed by atoms with Gasteiger partial charge in [-0.25, -0.2) is 9.78 Å². The first-order chi connectivity index (χ1) is 10.5. The van der Waals surface area contributed by atoms with Crippen molar-refractivity contribution in [2.75, 3.05) is 5.32 Å². The monoisotopic (exact) mass is 355 g/mol. The van der Waals surface area contributed by atoms with Crippen LogP contribution in [-0.4, -0.2) is 30.9 Å². The molecule has 7 nitrogen and oxygen atoms in total. The Morgan fingerprint density at radius 2 is 2.14 bits per heavy atom. The molecule has 2 aromatic heterocycles. The minimum atomic E-state index is -0.423. The number of aromatic hydroxyl groups is 1. The van der Waals surface area contributed by atoms with Crippen molar-refractivity contribution >= 4 is 45.7 Å². The molecule has 0 aliphatic carbocycles. The highest BCUT2D eigenvalue weighted by Crippen LogP contribution is 2.39. The number of amides is 1. The summed E-state index contributed by atoms with van der Waals surface area (Å²) < 4.78 is 1.26. The predicted octanol–water partition coefficient (Wildman–Crippen LogP) is 3.49. The zero-order valence-electron chi connectivity index (χ0n) is 10.7. The molecule has 0 spiro atoms. The van der Waals surface area contributed by atoms with Crippen molar-refractivity contribution in [3.8, 4) is 16.3 Å². The van der Waals surface area contributed by atoms with Crippen LogP contribution in [-0.2, 0) is 0 Å². The number of nitrogens with zero attached hydrogens (tertiary/aromatic N) is 4. The maximum absolute atomic E-state index is 11.9. The van der Waals surface area contributed by atoms with Gasteiger partial charge in [-0.3, -0.25) is 9.88 Å². The second-order valence-electron chi connectivity index (χ2n) is 4.10. The summed E-state index contributed by atoms with van der Waals surface area (Å²) in [7, 11) is 0. The molecule has 0 radical (unpaired) electrons. The Bertz CT molecular complexity index is 834. The van der Waals surface area contributed by atoms with Crippen LogP contribution in [0.3, 0.4) is 0 Å². The quantitative estimate of drug-likeness (QED) is 0.733. The number of phenols is 1. The van der Waals surface area contributed by atoms with Gasteiger partial charge in [-0.1, -0.05) is 34.5 Å². The van der Waals surface area contributed by atoms with E-state index in [-0.39, 0.29) is 15.9 Å². The average Bonchev–Trinajstić information content (AvgIpc) is 3.14. The fourth-order valence-electron chi connectivity index (χ4n) is 1.65. The number of phenolic OH excluding ortho intramolecular Hbond substituents is 1. The predicted molar refractivity (Wildman–Crippen MR) is 83.7 cm³/mol. The number of hydrogen-bond acceptors (Lipinski definition) is 6. The number of carbonyl (C=O) groups excluding carboxylic acids is 1. The van der Waals surface area contributed by atoms with Crippen LogP contribution in [0.1, 0.15) is 0 Å². The van der Waals surface area contributed by atoms with Crippen LogP contribution in [0.4, 0.5) is 9.93 Å². The topological polar surface area (TPSA) is 92.9 Å². The van der Waals surface area contributed by atoms with Gasteiger partial charge in [-0.2, -0.15) is 0 Å². The van der Waals surface area contributed by atoms with E-state index in [0.717, 1.165) is 11.3 Å². The number of carbonyl (C=O) groups is 1. The SMILES string of the molecule is O=C(Nc1nnc(-c2cc(Cl)cc(Cl)c2O)s1)n1ccnc1. The maximum Gasteiger partial charge on any atom is 0.333 e. The van der Waals surface area contributed by atoms with E-state index in [0.29, 0.717) is 15.6 Å². The summed E-state index contributed by atoms with van der Waals surface area (Å²) >= 11 is 12.9. The van der Waals surface area contributed by atoms with E-state index in [2.05, 4.69) is 20.5 Å². The van der Waals surface area contributed by atoms with Crippen LogP contribution >= 0.6 is 34.5 Å². The first-order valence-corrected chi connectivity index (χ1v) is 7.43. The Morgan fingerprint density at radius 1 is 1.32 bits per heavy atom. The number of hydrogen-bond donors (Lipinski definition) is 2. The number of halogens is 2. The van der Waals surface area contributed by atoms with Gasteiger partial charge in [0.2, 0.25) is 5.13 Å². The first kappa shape index (κ1) is 14.8. The highest BCUT2D eigenvalue weighted by atomic mass is 35.5. The van der Waals surface area contributed by atoms with Crippen molar-refractivity contribution < 1.29 is 9.90 Å². The molecular formula is C12H7Cl2N5O2S. The number of nitrogens with one attached hydrogen (secondary N) is 1. The molecule has 0 atom stereocenters. The summed E-state index contributed by atoms with van der Waals surface area (Å²) in [6.07, 6.45) is 4.34. The lowest BCUT2D eigenvalue weighted by Gasteiger charge is -2.03. The van der Waals surface area contributed by atoms with Gasteiger partial charge in [0.05, 0.1) is 10.6 Å². The largest absolute Gasteiger partial charge is 0.506 e. The van der Waals surface area contributed by atoms with Crippen LogP contribution in [0.15, 0.2) is 30.9 Å². The molecule has 2 N–H and O–H groups in total. The second-order valence-corrected chi connectivity index (χ2v) is 5.92. The van der Waals surface area contributed by atoms with Crippen molar-refractivity contribution in [3.63, 3.8) is 0 Å². The smallest absolute Gasteiger partial charge is 0.333 e. The molecule has 0 aliphatic heterocycles. The standard InChI is InChI=1S/C12H7Cl2N5O2S/c13-6-3-7(9(20)8(14)4-6)10-17-18-11(22-10)16-12(21)19-2-1-15-5-19/h1-5,20H,(H,16,18,21). The van der Waals surface area contributed by atoms with E-state index >= 15 is 0 Å². The molecule has 10 heteroatoms. The minimum Gasteiger partial charge on any atom is -0.506 e. The molecule has 0 saturated carbocycles. The van der Waals surface area contributed by atoms with Gasteiger partial charge >= 0.3 is 6.03 Å². The highest BCUT2D eigenvalue weighted by Gasteiger charge is 2.16. The van der Waals surface area contributed by atoms with Crippen molar-refractivity contribution in [2.24, 2.45) is 0 Å². The maximum atomic E-state index is 11.9. The fraction of sp³-hybridized carbons (Fsp3) is 0. The molecule has 3 aromatic rings. The fourth-order valence-corrected chi connectivity index (χ4v) is 2.89. The van der Waals surface area contributed by atoms with Crippen molar-refractivity contribution in [1.82, 2.24) is 19.7 Å². The number of rotatable bonds is 2. The zero-order valence-corrected chi connectivity index (χ0v) is 13.0. The number of imidazole rings is 1. The van der Waals surface area contributed by atoms with E-state index in [1.54, 1.807) is 0 Å². The van der Waals surface area contributed by atoms with Crippen LogP contribution in [0.25, 0.3) is 10.6 Å². The average molecular weight is 356 g/mol. The van der Waals surface area contributed by atoms with Gasteiger partial charge in [-0.05, 0) is 12.1 Å². The van der Waals surface area contributed by atoms with Crippen LogP contribution in [0, 0.1) is 0 Å². The molecule has 0 saturated heterocycles. The molecule has 1 amide bonds. The molecule has 0 aliphatic rings. The lowest BCUT2D eigenvalue weighted by atomic mass is 10.2. The molecular weight excluding hydrogens is 349 g/mol. The summed E-state index contributed by atoms with van der Waals surface area (Å²) in [6.45, 7) is 0. The van der Waals surface area contributed by atoms with Crippen LogP contribution < -0.4 is 5.32 Å². The molecule has 112 valence electrons. The third-order valence-corrected chi connectivity index (χ3v) is 4.01. The Balaban J connectivity index is 1.87. The van der Waals surface area contributed by atoms with Gasteiger partial charge in [0, 0.05) is 17.4 Å². The lowest BCUT2D eigenvalue weighted by Crippen LogP contribution is -2.17. The molecule has 22 heavy (non-hydrogen) atoms. The van der Waals surface area contributed by atoms with E-state index in [1.807, 2.05) is 0 Å². The number of anilines is 1. The Hall–Kier alpha value is -2.16.